The molecule has 0 spiro atoms. The van der Waals surface area contributed by atoms with Crippen LogP contribution in [-0.2, 0) is 0 Å². The number of amides is 1. The Kier molecular flexibility index (Phi) is 2.34. The van der Waals surface area contributed by atoms with Crippen molar-refractivity contribution in [3.8, 4) is 6.07 Å². The zero-order chi connectivity index (χ0) is 10.0. The summed E-state index contributed by atoms with van der Waals surface area (Å²) in [5, 5.41) is 8.72. The van der Waals surface area contributed by atoms with E-state index >= 15 is 0 Å². The molecule has 0 bridgehead atoms. The van der Waals surface area contributed by atoms with Crippen LogP contribution in [0.15, 0.2) is 12.1 Å². The van der Waals surface area contributed by atoms with Gasteiger partial charge < -0.3 is 5.73 Å². The van der Waals surface area contributed by atoms with Crippen molar-refractivity contribution in [2.45, 2.75) is 13.8 Å². The molecule has 1 aromatic carbocycles. The third kappa shape index (κ3) is 1.67. The first-order chi connectivity index (χ1) is 6.06. The van der Waals surface area contributed by atoms with Gasteiger partial charge in [-0.1, -0.05) is 0 Å². The zero-order valence-corrected chi connectivity index (χ0v) is 7.59. The smallest absolute Gasteiger partial charge is 0.250 e. The first kappa shape index (κ1) is 9.27. The maximum Gasteiger partial charge on any atom is 0.250 e. The summed E-state index contributed by atoms with van der Waals surface area (Å²) in [6, 6.07) is 5.27. The molecule has 0 aliphatic heterocycles. The lowest BCUT2D eigenvalue weighted by molar-refractivity contribution is 0.1000. The number of nitrogens with two attached hydrogens (primary N) is 1. The minimum absolute atomic E-state index is 0.297. The van der Waals surface area contributed by atoms with Crippen LogP contribution in [0, 0.1) is 25.2 Å². The minimum atomic E-state index is -0.556. The van der Waals surface area contributed by atoms with Crippen LogP contribution in [0.25, 0.3) is 0 Å². The molecule has 66 valence electrons. The Hall–Kier alpha value is -1.82. The van der Waals surface area contributed by atoms with E-state index in [1.54, 1.807) is 12.1 Å². The molecule has 3 nitrogen and oxygen atoms in total. The highest BCUT2D eigenvalue weighted by atomic mass is 16.1. The molecule has 0 fully saturated rings. The molecule has 13 heavy (non-hydrogen) atoms. The van der Waals surface area contributed by atoms with Gasteiger partial charge in [0.1, 0.15) is 0 Å². The van der Waals surface area contributed by atoms with Crippen molar-refractivity contribution in [3.05, 3.63) is 34.4 Å². The molecule has 0 aliphatic carbocycles. The molecule has 2 N–H and O–H groups in total. The van der Waals surface area contributed by atoms with Crippen LogP contribution in [0.1, 0.15) is 27.0 Å². The van der Waals surface area contributed by atoms with Crippen molar-refractivity contribution < 1.29 is 4.79 Å². The second-order valence-electron chi connectivity index (χ2n) is 2.96. The molecule has 3 heteroatoms. The van der Waals surface area contributed by atoms with Gasteiger partial charge in [-0.3, -0.25) is 4.79 Å². The summed E-state index contributed by atoms with van der Waals surface area (Å²) >= 11 is 0. The van der Waals surface area contributed by atoms with Gasteiger partial charge in [0, 0.05) is 0 Å². The van der Waals surface area contributed by atoms with Crippen LogP contribution in [0.2, 0.25) is 0 Å². The third-order valence-corrected chi connectivity index (χ3v) is 2.02. The molecular weight excluding hydrogens is 164 g/mol. The maximum absolute atomic E-state index is 10.9. The van der Waals surface area contributed by atoms with Gasteiger partial charge in [-0.2, -0.15) is 5.26 Å². The zero-order valence-electron chi connectivity index (χ0n) is 7.59. The van der Waals surface area contributed by atoms with E-state index < -0.39 is 5.91 Å². The molecule has 0 aliphatic rings. The van der Waals surface area contributed by atoms with Crippen molar-refractivity contribution in [3.63, 3.8) is 0 Å². The molecule has 1 aromatic rings. The average Bonchev–Trinajstić information content (AvgIpc) is 2.08. The van der Waals surface area contributed by atoms with Crippen molar-refractivity contribution in [2.75, 3.05) is 0 Å². The normalized spacial score (nSPS) is 9.31. The van der Waals surface area contributed by atoms with Crippen LogP contribution in [-0.4, -0.2) is 5.91 Å². The van der Waals surface area contributed by atoms with Crippen molar-refractivity contribution >= 4 is 5.91 Å². The standard InChI is InChI=1S/C10H10N2O/c1-6-3-8(5-11)9(10(12)13)4-7(6)2/h3-4H,1-2H3,(H2,12,13). The van der Waals surface area contributed by atoms with E-state index in [1.165, 1.54) is 0 Å². The summed E-state index contributed by atoms with van der Waals surface area (Å²) < 4.78 is 0. The number of aryl methyl sites for hydroxylation is 2. The predicted molar refractivity (Wildman–Crippen MR) is 49.1 cm³/mol. The van der Waals surface area contributed by atoms with Gasteiger partial charge in [0.15, 0.2) is 0 Å². The van der Waals surface area contributed by atoms with Gasteiger partial charge in [0.05, 0.1) is 17.2 Å². The lowest BCUT2D eigenvalue weighted by Gasteiger charge is -2.04. The number of carbonyl (C=O) groups excluding carboxylic acids is 1. The monoisotopic (exact) mass is 174 g/mol. The fourth-order valence-electron chi connectivity index (χ4n) is 1.11. The Labute approximate surface area is 76.8 Å². The highest BCUT2D eigenvalue weighted by Crippen LogP contribution is 2.14. The largest absolute Gasteiger partial charge is 0.366 e. The average molecular weight is 174 g/mol. The van der Waals surface area contributed by atoms with Crippen LogP contribution < -0.4 is 5.73 Å². The minimum Gasteiger partial charge on any atom is -0.366 e. The fraction of sp³-hybridized carbons (Fsp3) is 0.200. The summed E-state index contributed by atoms with van der Waals surface area (Å²) in [5.74, 6) is -0.556. The highest BCUT2D eigenvalue weighted by molar-refractivity contribution is 5.95. The Balaban J connectivity index is 3.44. The van der Waals surface area contributed by atoms with Crippen LogP contribution in [0.5, 0.6) is 0 Å². The number of hydrogen-bond donors (Lipinski definition) is 1. The highest BCUT2D eigenvalue weighted by Gasteiger charge is 2.09. The van der Waals surface area contributed by atoms with Crippen molar-refractivity contribution in [1.82, 2.24) is 0 Å². The van der Waals surface area contributed by atoms with Gasteiger partial charge in [0.25, 0.3) is 0 Å². The second-order valence-corrected chi connectivity index (χ2v) is 2.96. The summed E-state index contributed by atoms with van der Waals surface area (Å²) in [6.07, 6.45) is 0. The molecule has 0 heterocycles. The van der Waals surface area contributed by atoms with E-state index in [-0.39, 0.29) is 0 Å². The predicted octanol–water partition coefficient (Wildman–Crippen LogP) is 1.27. The number of rotatable bonds is 1. The van der Waals surface area contributed by atoms with E-state index in [2.05, 4.69) is 0 Å². The quantitative estimate of drug-likeness (QED) is 0.696. The van der Waals surface area contributed by atoms with E-state index in [4.69, 9.17) is 11.0 Å². The lowest BCUT2D eigenvalue weighted by Crippen LogP contribution is -2.13. The number of benzene rings is 1. The topological polar surface area (TPSA) is 66.9 Å². The molecule has 0 saturated heterocycles. The molecule has 1 amide bonds. The number of primary amides is 1. The van der Waals surface area contributed by atoms with Crippen LogP contribution in [0.3, 0.4) is 0 Å². The molecule has 0 atom stereocenters. The van der Waals surface area contributed by atoms with Gasteiger partial charge in [-0.15, -0.1) is 0 Å². The summed E-state index contributed by atoms with van der Waals surface area (Å²) in [5.41, 5.74) is 7.71. The van der Waals surface area contributed by atoms with E-state index in [1.807, 2.05) is 19.9 Å². The fourth-order valence-corrected chi connectivity index (χ4v) is 1.11. The summed E-state index contributed by atoms with van der Waals surface area (Å²) in [6.45, 7) is 3.77. The number of carbonyl (C=O) groups is 1. The maximum atomic E-state index is 10.9. The van der Waals surface area contributed by atoms with Gasteiger partial charge in [0.2, 0.25) is 5.91 Å². The summed E-state index contributed by atoms with van der Waals surface area (Å²) in [7, 11) is 0. The number of nitriles is 1. The van der Waals surface area contributed by atoms with Crippen molar-refractivity contribution in [1.29, 1.82) is 5.26 Å². The second kappa shape index (κ2) is 3.28. The molecule has 0 unspecified atom stereocenters. The molecule has 0 radical (unpaired) electrons. The first-order valence-electron chi connectivity index (χ1n) is 3.87. The Bertz CT molecular complexity index is 402. The Morgan fingerprint density at radius 3 is 2.38 bits per heavy atom. The van der Waals surface area contributed by atoms with E-state index in [9.17, 15) is 4.79 Å². The lowest BCUT2D eigenvalue weighted by atomic mass is 10.0. The molecule has 0 saturated carbocycles. The molecular formula is C10H10N2O. The third-order valence-electron chi connectivity index (χ3n) is 2.02. The Morgan fingerprint density at radius 1 is 1.38 bits per heavy atom. The van der Waals surface area contributed by atoms with Crippen LogP contribution in [0.4, 0.5) is 0 Å². The number of hydrogen-bond acceptors (Lipinski definition) is 2. The summed E-state index contributed by atoms with van der Waals surface area (Å²) in [4.78, 5) is 10.9. The van der Waals surface area contributed by atoms with E-state index in [0.29, 0.717) is 11.1 Å². The van der Waals surface area contributed by atoms with Gasteiger partial charge >= 0.3 is 0 Å². The SMILES string of the molecule is Cc1cc(C#N)c(C(N)=O)cc1C. The first-order valence-corrected chi connectivity index (χ1v) is 3.87. The van der Waals surface area contributed by atoms with Crippen molar-refractivity contribution in [2.24, 2.45) is 5.73 Å². The number of nitrogens with zero attached hydrogens (tertiary/aromatic N) is 1. The van der Waals surface area contributed by atoms with Gasteiger partial charge in [-0.25, -0.2) is 0 Å². The van der Waals surface area contributed by atoms with Crippen LogP contribution >= 0.6 is 0 Å². The molecule has 0 aromatic heterocycles. The van der Waals surface area contributed by atoms with Gasteiger partial charge in [-0.05, 0) is 37.1 Å². The molecule has 1 rings (SSSR count). The van der Waals surface area contributed by atoms with E-state index in [0.717, 1.165) is 11.1 Å². The Morgan fingerprint density at radius 2 is 1.92 bits per heavy atom.